The molecule has 2 aromatic carbocycles. The van der Waals surface area contributed by atoms with Gasteiger partial charge >= 0.3 is 6.09 Å². The number of benzene rings is 2. The highest BCUT2D eigenvalue weighted by molar-refractivity contribution is 6.34. The maximum atomic E-state index is 13.9. The van der Waals surface area contributed by atoms with Crippen LogP contribution in [-0.4, -0.2) is 41.0 Å². The Labute approximate surface area is 225 Å². The fraction of sp³-hybridized carbons (Fsp3) is 0.483. The molecule has 2 rings (SSSR count). The van der Waals surface area contributed by atoms with Crippen LogP contribution in [-0.2, 0) is 20.7 Å². The van der Waals surface area contributed by atoms with Gasteiger partial charge in [-0.2, -0.15) is 0 Å². The van der Waals surface area contributed by atoms with Gasteiger partial charge in [0, 0.05) is 6.54 Å². The van der Waals surface area contributed by atoms with Crippen LogP contribution in [0.2, 0.25) is 5.02 Å². The number of amides is 3. The third kappa shape index (κ3) is 8.22. The van der Waals surface area contributed by atoms with Crippen molar-refractivity contribution in [2.24, 2.45) is 5.92 Å². The second kappa shape index (κ2) is 13.0. The molecule has 0 aliphatic rings. The van der Waals surface area contributed by atoms with E-state index in [9.17, 15) is 14.4 Å². The van der Waals surface area contributed by atoms with Gasteiger partial charge in [-0.15, -0.1) is 0 Å². The fourth-order valence-electron chi connectivity index (χ4n) is 3.98. The molecule has 0 bridgehead atoms. The van der Waals surface area contributed by atoms with Gasteiger partial charge in [0.25, 0.3) is 5.91 Å². The molecule has 37 heavy (non-hydrogen) atoms. The molecule has 0 aliphatic heterocycles. The summed E-state index contributed by atoms with van der Waals surface area (Å²) in [6.45, 7) is 14.9. The van der Waals surface area contributed by atoms with Crippen LogP contribution in [0.1, 0.15) is 71.2 Å². The van der Waals surface area contributed by atoms with Crippen molar-refractivity contribution in [3.8, 4) is 0 Å². The molecule has 8 heteroatoms. The zero-order chi connectivity index (χ0) is 27.9. The number of para-hydroxylation sites is 1. The highest BCUT2D eigenvalue weighted by Gasteiger charge is 2.37. The van der Waals surface area contributed by atoms with Gasteiger partial charge in [-0.3, -0.25) is 9.59 Å². The summed E-state index contributed by atoms with van der Waals surface area (Å²) >= 11 is 6.39. The third-order valence-electron chi connectivity index (χ3n) is 5.96. The molecule has 0 spiro atoms. The van der Waals surface area contributed by atoms with E-state index in [-0.39, 0.29) is 18.4 Å². The molecule has 2 unspecified atom stereocenters. The lowest BCUT2D eigenvalue weighted by Gasteiger charge is -2.35. The molecule has 0 heterocycles. The number of hydrogen-bond acceptors (Lipinski definition) is 4. The lowest BCUT2D eigenvalue weighted by molar-refractivity contribution is -0.141. The van der Waals surface area contributed by atoms with E-state index in [1.54, 1.807) is 26.8 Å². The van der Waals surface area contributed by atoms with Crippen LogP contribution in [0.25, 0.3) is 0 Å². The topological polar surface area (TPSA) is 87.7 Å². The van der Waals surface area contributed by atoms with Crippen molar-refractivity contribution < 1.29 is 19.1 Å². The van der Waals surface area contributed by atoms with Crippen LogP contribution >= 0.6 is 11.6 Å². The molecule has 0 saturated heterocycles. The lowest BCUT2D eigenvalue weighted by atomic mass is 9.98. The summed E-state index contributed by atoms with van der Waals surface area (Å²) in [6.07, 6.45) is 0.164. The van der Waals surface area contributed by atoms with Crippen molar-refractivity contribution in [3.63, 3.8) is 0 Å². The van der Waals surface area contributed by atoms with Gasteiger partial charge in [0.2, 0.25) is 5.91 Å². The van der Waals surface area contributed by atoms with Gasteiger partial charge in [-0.05, 0) is 69.7 Å². The molecule has 2 N–H and O–H groups in total. The molecule has 0 radical (unpaired) electrons. The average Bonchev–Trinajstić information content (AvgIpc) is 2.81. The van der Waals surface area contributed by atoms with Crippen LogP contribution in [0.4, 0.5) is 10.5 Å². The maximum Gasteiger partial charge on any atom is 0.408 e. The Balaban J connectivity index is 2.49. The zero-order valence-corrected chi connectivity index (χ0v) is 23.9. The predicted molar refractivity (Wildman–Crippen MR) is 149 cm³/mol. The maximum absolute atomic E-state index is 13.9. The lowest BCUT2D eigenvalue weighted by Crippen LogP contribution is -2.54. The molecular formula is C29H40ClN3O4. The van der Waals surface area contributed by atoms with E-state index >= 15 is 0 Å². The largest absolute Gasteiger partial charge is 0.444 e. The highest BCUT2D eigenvalue weighted by Crippen LogP contribution is 2.30. The first kappa shape index (κ1) is 30.2. The molecular weight excluding hydrogens is 490 g/mol. The van der Waals surface area contributed by atoms with Crippen molar-refractivity contribution in [3.05, 3.63) is 64.2 Å². The van der Waals surface area contributed by atoms with Crippen molar-refractivity contribution in [1.82, 2.24) is 10.2 Å². The molecule has 0 fully saturated rings. The van der Waals surface area contributed by atoms with E-state index in [4.69, 9.17) is 16.3 Å². The molecule has 3 amide bonds. The monoisotopic (exact) mass is 529 g/mol. The highest BCUT2D eigenvalue weighted by atomic mass is 35.5. The van der Waals surface area contributed by atoms with Crippen molar-refractivity contribution in [1.29, 1.82) is 0 Å². The molecule has 7 nitrogen and oxygen atoms in total. The van der Waals surface area contributed by atoms with E-state index in [0.29, 0.717) is 16.3 Å². The first-order chi connectivity index (χ1) is 17.3. The molecule has 202 valence electrons. The minimum atomic E-state index is -0.944. The van der Waals surface area contributed by atoms with Crippen molar-refractivity contribution in [2.45, 2.75) is 79.5 Å². The number of nitrogens with zero attached hydrogens (tertiary/aromatic N) is 1. The quantitative estimate of drug-likeness (QED) is 0.399. The first-order valence-corrected chi connectivity index (χ1v) is 13.1. The van der Waals surface area contributed by atoms with Crippen LogP contribution in [0.5, 0.6) is 0 Å². The predicted octanol–water partition coefficient (Wildman–Crippen LogP) is 6.29. The molecule has 2 aromatic rings. The van der Waals surface area contributed by atoms with Gasteiger partial charge in [0.05, 0.1) is 10.7 Å². The molecule has 2 atom stereocenters. The summed E-state index contributed by atoms with van der Waals surface area (Å²) in [5, 5.41) is 6.06. The minimum absolute atomic E-state index is 0.243. The Morgan fingerprint density at radius 2 is 1.65 bits per heavy atom. The molecule has 0 saturated carbocycles. The summed E-state index contributed by atoms with van der Waals surface area (Å²) in [5.74, 6) is -1.01. The van der Waals surface area contributed by atoms with E-state index in [1.165, 1.54) is 4.90 Å². The van der Waals surface area contributed by atoms with E-state index in [0.717, 1.165) is 17.5 Å². The summed E-state index contributed by atoms with van der Waals surface area (Å²) in [6, 6.07) is 11.2. The molecule has 0 aromatic heterocycles. The number of rotatable bonds is 9. The Kier molecular flexibility index (Phi) is 10.6. The number of aryl methyl sites for hydroxylation is 2. The Morgan fingerprint density at radius 1 is 1.03 bits per heavy atom. The summed E-state index contributed by atoms with van der Waals surface area (Å²) in [7, 11) is 0. The van der Waals surface area contributed by atoms with E-state index < -0.39 is 29.7 Å². The number of carbonyl (C=O) groups is 3. The summed E-state index contributed by atoms with van der Waals surface area (Å²) < 4.78 is 5.39. The normalized spacial score (nSPS) is 13.0. The molecule has 0 aliphatic carbocycles. The smallest absolute Gasteiger partial charge is 0.408 e. The van der Waals surface area contributed by atoms with Gasteiger partial charge in [-0.25, -0.2) is 4.79 Å². The third-order valence-corrected chi connectivity index (χ3v) is 6.28. The van der Waals surface area contributed by atoms with E-state index in [1.807, 2.05) is 64.1 Å². The number of likely N-dealkylation sites (N-methyl/N-ethyl adjacent to an activating group) is 1. The Hall–Kier alpha value is -3.06. The van der Waals surface area contributed by atoms with Crippen molar-refractivity contribution in [2.75, 3.05) is 11.9 Å². The minimum Gasteiger partial charge on any atom is -0.444 e. The first-order valence-electron chi connectivity index (χ1n) is 12.7. The average molecular weight is 530 g/mol. The van der Waals surface area contributed by atoms with E-state index in [2.05, 4.69) is 17.6 Å². The Bertz CT molecular complexity index is 1070. The van der Waals surface area contributed by atoms with Crippen LogP contribution in [0.15, 0.2) is 42.5 Å². The zero-order valence-electron chi connectivity index (χ0n) is 23.1. The number of nitrogens with one attached hydrogen (secondary N) is 2. The van der Waals surface area contributed by atoms with Crippen molar-refractivity contribution >= 4 is 35.2 Å². The second-order valence-corrected chi connectivity index (χ2v) is 10.8. The van der Waals surface area contributed by atoms with Gasteiger partial charge in [0.1, 0.15) is 17.7 Å². The number of alkyl carbamates (subject to hydrolysis) is 1. The second-order valence-electron chi connectivity index (χ2n) is 10.4. The van der Waals surface area contributed by atoms with Crippen LogP contribution in [0, 0.1) is 12.8 Å². The number of carbonyl (C=O) groups excluding carboxylic acids is 3. The van der Waals surface area contributed by atoms with Gasteiger partial charge in [-0.1, -0.05) is 68.8 Å². The summed E-state index contributed by atoms with van der Waals surface area (Å²) in [4.78, 5) is 41.7. The van der Waals surface area contributed by atoms with Gasteiger partial charge in [0.15, 0.2) is 0 Å². The summed E-state index contributed by atoms with van der Waals surface area (Å²) in [5.41, 5.74) is 2.37. The fourth-order valence-corrected chi connectivity index (χ4v) is 4.25. The Morgan fingerprint density at radius 3 is 2.14 bits per heavy atom. The van der Waals surface area contributed by atoms with Gasteiger partial charge < -0.3 is 20.3 Å². The van der Waals surface area contributed by atoms with Crippen LogP contribution in [0.3, 0.4) is 0 Å². The number of ether oxygens (including phenoxy) is 1. The van der Waals surface area contributed by atoms with Crippen LogP contribution < -0.4 is 10.6 Å². The SMILES string of the molecule is CCc1ccc(C(C(=O)Nc2c(C)cccc2Cl)N(CC)C(=O)C(NC(=O)OC(C)(C)C)C(C)C)cc1. The number of hydrogen-bond donors (Lipinski definition) is 2. The number of anilines is 1. The number of halogens is 1. The standard InChI is InChI=1S/C29H40ClN3O4/c1-9-20-14-16-21(17-15-20)25(26(34)31-24-19(5)12-11-13-22(24)30)33(10-2)27(35)23(18(3)4)32-28(36)37-29(6,7)8/h11-18,23,25H,9-10H2,1-8H3,(H,31,34)(H,32,36).